The normalized spacial score (nSPS) is 13.4. The molecule has 0 saturated heterocycles. The van der Waals surface area contributed by atoms with E-state index in [1.807, 2.05) is 79.0 Å². The topological polar surface area (TPSA) is 34.4 Å². The molecule has 4 rings (SSSR count). The van der Waals surface area contributed by atoms with E-state index in [4.69, 9.17) is 4.74 Å². The highest BCUT2D eigenvalue weighted by molar-refractivity contribution is 5.82. The van der Waals surface area contributed by atoms with Crippen LogP contribution in [0.2, 0.25) is 0 Å². The van der Waals surface area contributed by atoms with Crippen LogP contribution in [0.3, 0.4) is 0 Å². The lowest BCUT2D eigenvalue weighted by atomic mass is 10.0. The highest BCUT2D eigenvalue weighted by Gasteiger charge is 2.20. The van der Waals surface area contributed by atoms with Crippen LogP contribution in [0.1, 0.15) is 17.2 Å². The van der Waals surface area contributed by atoms with Crippen molar-refractivity contribution in [2.45, 2.75) is 18.8 Å². The molecule has 135 valence electrons. The number of rotatable bonds is 6. The van der Waals surface area contributed by atoms with Crippen molar-refractivity contribution in [3.05, 3.63) is 109 Å². The first-order chi connectivity index (χ1) is 13.2. The van der Waals surface area contributed by atoms with Crippen LogP contribution in [-0.2, 0) is 6.61 Å². The Balaban J connectivity index is 1.62. The zero-order valence-corrected chi connectivity index (χ0v) is 15.0. The van der Waals surface area contributed by atoms with E-state index in [0.29, 0.717) is 6.61 Å². The largest absolute Gasteiger partial charge is 0.489 e. The Morgan fingerprint density at radius 3 is 2.30 bits per heavy atom. The molecule has 0 aliphatic heterocycles. The average Bonchev–Trinajstić information content (AvgIpc) is 3.11. The molecule has 3 nitrogen and oxygen atoms in total. The molecule has 3 heteroatoms. The SMILES string of the molecule is [CH2][C@H](O)[C@H](c1ccccc1)n1ccc2cc(OCc3ccccc3)ccc21. The fourth-order valence-electron chi connectivity index (χ4n) is 3.43. The second-order valence-corrected chi connectivity index (χ2v) is 6.64. The maximum Gasteiger partial charge on any atom is 0.120 e. The smallest absolute Gasteiger partial charge is 0.120 e. The zero-order chi connectivity index (χ0) is 18.6. The number of aromatic nitrogens is 1. The van der Waals surface area contributed by atoms with Crippen LogP contribution in [0.25, 0.3) is 10.9 Å². The molecule has 1 radical (unpaired) electrons. The number of nitrogens with zero attached hydrogens (tertiary/aromatic N) is 1. The first kappa shape index (κ1) is 17.4. The molecule has 0 unspecified atom stereocenters. The van der Waals surface area contributed by atoms with Gasteiger partial charge in [-0.25, -0.2) is 0 Å². The number of hydrogen-bond donors (Lipinski definition) is 1. The van der Waals surface area contributed by atoms with E-state index in [2.05, 4.69) is 23.6 Å². The summed E-state index contributed by atoms with van der Waals surface area (Å²) in [6.07, 6.45) is 1.24. The molecule has 1 heterocycles. The fraction of sp³-hybridized carbons (Fsp3) is 0.125. The number of ether oxygens (including phenoxy) is 1. The van der Waals surface area contributed by atoms with Crippen molar-refractivity contribution in [3.8, 4) is 5.75 Å². The minimum Gasteiger partial charge on any atom is -0.489 e. The van der Waals surface area contributed by atoms with Crippen LogP contribution in [-0.4, -0.2) is 15.8 Å². The summed E-state index contributed by atoms with van der Waals surface area (Å²) in [6.45, 7) is 4.41. The van der Waals surface area contributed by atoms with E-state index in [9.17, 15) is 5.11 Å². The Morgan fingerprint density at radius 2 is 1.59 bits per heavy atom. The third kappa shape index (κ3) is 3.74. The van der Waals surface area contributed by atoms with E-state index < -0.39 is 6.10 Å². The zero-order valence-electron chi connectivity index (χ0n) is 15.0. The minimum absolute atomic E-state index is 0.236. The molecular formula is C24H22NO2. The second kappa shape index (κ2) is 7.68. The van der Waals surface area contributed by atoms with Gasteiger partial charge in [0.15, 0.2) is 0 Å². The predicted molar refractivity (Wildman–Crippen MR) is 109 cm³/mol. The molecule has 0 fully saturated rings. The van der Waals surface area contributed by atoms with Gasteiger partial charge in [0.05, 0.1) is 12.1 Å². The summed E-state index contributed by atoms with van der Waals surface area (Å²) < 4.78 is 8.00. The molecule has 0 aliphatic carbocycles. The maximum absolute atomic E-state index is 10.3. The summed E-state index contributed by atoms with van der Waals surface area (Å²) in [7, 11) is 0. The molecule has 27 heavy (non-hydrogen) atoms. The van der Waals surface area contributed by atoms with Gasteiger partial charge in [-0.1, -0.05) is 60.7 Å². The van der Waals surface area contributed by atoms with Gasteiger partial charge in [-0.15, -0.1) is 0 Å². The number of aliphatic hydroxyl groups is 1. The number of hydrogen-bond acceptors (Lipinski definition) is 2. The highest BCUT2D eigenvalue weighted by Crippen LogP contribution is 2.30. The maximum atomic E-state index is 10.3. The van der Waals surface area contributed by atoms with Gasteiger partial charge in [-0.3, -0.25) is 0 Å². The standard InChI is InChI=1S/C24H22NO2/c1-18(26)24(20-10-6-3-7-11-20)25-15-14-21-16-22(12-13-23(21)25)27-17-19-8-4-2-5-9-19/h2-16,18,24,26H,1,17H2/t18-,24+/m0/s1. The first-order valence-corrected chi connectivity index (χ1v) is 9.06. The third-order valence-electron chi connectivity index (χ3n) is 4.75. The summed E-state index contributed by atoms with van der Waals surface area (Å²) in [6, 6.07) is 27.9. The van der Waals surface area contributed by atoms with Crippen molar-refractivity contribution < 1.29 is 9.84 Å². The lowest BCUT2D eigenvalue weighted by Crippen LogP contribution is -2.22. The molecule has 0 spiro atoms. The van der Waals surface area contributed by atoms with Crippen LogP contribution in [0.4, 0.5) is 0 Å². The number of benzene rings is 3. The van der Waals surface area contributed by atoms with Gasteiger partial charge in [-0.05, 0) is 42.3 Å². The van der Waals surface area contributed by atoms with Crippen LogP contribution in [0, 0.1) is 6.92 Å². The molecule has 0 bridgehead atoms. The molecular weight excluding hydrogens is 334 g/mol. The van der Waals surface area contributed by atoms with Gasteiger partial charge >= 0.3 is 0 Å². The van der Waals surface area contributed by atoms with Gasteiger partial charge in [0.1, 0.15) is 12.4 Å². The first-order valence-electron chi connectivity index (χ1n) is 9.06. The Morgan fingerprint density at radius 1 is 0.889 bits per heavy atom. The van der Waals surface area contributed by atoms with Gasteiger partial charge in [0.25, 0.3) is 0 Å². The summed E-state index contributed by atoms with van der Waals surface area (Å²) in [5.74, 6) is 0.829. The van der Waals surface area contributed by atoms with Gasteiger partial charge in [-0.2, -0.15) is 0 Å². The van der Waals surface area contributed by atoms with Crippen LogP contribution in [0.15, 0.2) is 91.1 Å². The summed E-state index contributed by atoms with van der Waals surface area (Å²) in [5, 5.41) is 11.4. The monoisotopic (exact) mass is 356 g/mol. The van der Waals surface area contributed by atoms with Crippen molar-refractivity contribution in [1.82, 2.24) is 4.57 Å². The van der Waals surface area contributed by atoms with Crippen LogP contribution >= 0.6 is 0 Å². The Labute approximate surface area is 159 Å². The van der Waals surface area contributed by atoms with Crippen molar-refractivity contribution in [2.24, 2.45) is 0 Å². The lowest BCUT2D eigenvalue weighted by molar-refractivity contribution is 0.175. The molecule has 4 aromatic rings. The van der Waals surface area contributed by atoms with Crippen molar-refractivity contribution in [3.63, 3.8) is 0 Å². The number of fused-ring (bicyclic) bond motifs is 1. The van der Waals surface area contributed by atoms with Gasteiger partial charge in [0.2, 0.25) is 0 Å². The Hall–Kier alpha value is -3.04. The molecule has 0 amide bonds. The van der Waals surface area contributed by atoms with Crippen molar-refractivity contribution in [2.75, 3.05) is 0 Å². The van der Waals surface area contributed by atoms with E-state index in [1.54, 1.807) is 0 Å². The molecule has 0 saturated carbocycles. The molecule has 1 aromatic heterocycles. The van der Waals surface area contributed by atoms with Crippen LogP contribution in [0.5, 0.6) is 5.75 Å². The van der Waals surface area contributed by atoms with Crippen molar-refractivity contribution in [1.29, 1.82) is 0 Å². The fourth-order valence-corrected chi connectivity index (χ4v) is 3.43. The second-order valence-electron chi connectivity index (χ2n) is 6.64. The van der Waals surface area contributed by atoms with E-state index in [0.717, 1.165) is 27.8 Å². The Bertz CT molecular complexity index is 1010. The highest BCUT2D eigenvalue weighted by atomic mass is 16.5. The summed E-state index contributed by atoms with van der Waals surface area (Å²) in [4.78, 5) is 0. The average molecular weight is 356 g/mol. The summed E-state index contributed by atoms with van der Waals surface area (Å²) >= 11 is 0. The Kier molecular flexibility index (Phi) is 4.95. The van der Waals surface area contributed by atoms with E-state index in [-0.39, 0.29) is 6.04 Å². The van der Waals surface area contributed by atoms with Gasteiger partial charge < -0.3 is 14.4 Å². The molecule has 3 aromatic carbocycles. The van der Waals surface area contributed by atoms with Gasteiger partial charge in [0, 0.05) is 17.1 Å². The molecule has 2 atom stereocenters. The predicted octanol–water partition coefficient (Wildman–Crippen LogP) is 5.00. The quantitative estimate of drug-likeness (QED) is 0.527. The van der Waals surface area contributed by atoms with E-state index >= 15 is 0 Å². The third-order valence-corrected chi connectivity index (χ3v) is 4.75. The van der Waals surface area contributed by atoms with Crippen LogP contribution < -0.4 is 4.74 Å². The minimum atomic E-state index is -0.753. The lowest BCUT2D eigenvalue weighted by Gasteiger charge is -2.23. The molecule has 1 N–H and O–H groups in total. The number of aliphatic hydroxyl groups excluding tert-OH is 1. The van der Waals surface area contributed by atoms with Crippen molar-refractivity contribution >= 4 is 10.9 Å². The summed E-state index contributed by atoms with van der Waals surface area (Å²) in [5.41, 5.74) is 3.21. The molecule has 0 aliphatic rings. The van der Waals surface area contributed by atoms with E-state index in [1.165, 1.54) is 0 Å².